The van der Waals surface area contributed by atoms with Gasteiger partial charge in [-0.2, -0.15) is 0 Å². The molecule has 92 valence electrons. The molecule has 1 heterocycles. The Morgan fingerprint density at radius 1 is 1.28 bits per heavy atom. The molecular formula is C15H15FN2. The molecule has 0 saturated carbocycles. The molecule has 0 aliphatic heterocycles. The Bertz CT molecular complexity index is 554. The van der Waals surface area contributed by atoms with Crippen LogP contribution in [0.3, 0.4) is 0 Å². The summed E-state index contributed by atoms with van der Waals surface area (Å²) in [4.78, 5) is 3.86. The molecule has 0 bridgehead atoms. The Morgan fingerprint density at radius 2 is 2.17 bits per heavy atom. The molecule has 0 spiro atoms. The Morgan fingerprint density at radius 3 is 3.06 bits per heavy atom. The maximum atomic E-state index is 13.0. The molecule has 2 aromatic rings. The summed E-state index contributed by atoms with van der Waals surface area (Å²) in [6.45, 7) is 0.657. The molecule has 0 radical (unpaired) electrons. The minimum atomic E-state index is -0.277. The average molecular weight is 242 g/mol. The van der Waals surface area contributed by atoms with Crippen LogP contribution in [0.5, 0.6) is 0 Å². The molecule has 0 fully saturated rings. The van der Waals surface area contributed by atoms with Crippen LogP contribution in [-0.2, 0) is 13.0 Å². The molecule has 1 aliphatic rings. The molecule has 0 amide bonds. The normalized spacial score (nSPS) is 17.7. The predicted molar refractivity (Wildman–Crippen MR) is 68.5 cm³/mol. The van der Waals surface area contributed by atoms with Crippen LogP contribution in [-0.4, -0.2) is 4.98 Å². The number of hydrogen-bond acceptors (Lipinski definition) is 2. The highest BCUT2D eigenvalue weighted by Crippen LogP contribution is 2.30. The van der Waals surface area contributed by atoms with Crippen molar-refractivity contribution in [2.75, 3.05) is 0 Å². The van der Waals surface area contributed by atoms with Crippen molar-refractivity contribution >= 4 is 0 Å². The Balaban J connectivity index is 1.69. The Labute approximate surface area is 106 Å². The number of halogens is 1. The smallest absolute Gasteiger partial charge is 0.141 e. The van der Waals surface area contributed by atoms with Gasteiger partial charge in [0.05, 0.1) is 6.20 Å². The minimum absolute atomic E-state index is 0.277. The minimum Gasteiger partial charge on any atom is -0.306 e. The Hall–Kier alpha value is -1.74. The van der Waals surface area contributed by atoms with Gasteiger partial charge in [-0.15, -0.1) is 0 Å². The number of pyridine rings is 1. The number of benzene rings is 1. The van der Waals surface area contributed by atoms with E-state index in [2.05, 4.69) is 34.6 Å². The van der Waals surface area contributed by atoms with Crippen LogP contribution in [0.4, 0.5) is 4.39 Å². The second-order valence-electron chi connectivity index (χ2n) is 4.68. The fourth-order valence-corrected chi connectivity index (χ4v) is 2.56. The number of aryl methyl sites for hydroxylation is 1. The third-order valence-electron chi connectivity index (χ3n) is 3.45. The monoisotopic (exact) mass is 242 g/mol. The van der Waals surface area contributed by atoms with E-state index in [4.69, 9.17) is 0 Å². The molecule has 1 N–H and O–H groups in total. The zero-order valence-electron chi connectivity index (χ0n) is 10.1. The first-order valence-electron chi connectivity index (χ1n) is 6.23. The molecule has 1 aromatic carbocycles. The van der Waals surface area contributed by atoms with E-state index in [1.165, 1.54) is 23.4 Å². The summed E-state index contributed by atoms with van der Waals surface area (Å²) in [5.41, 5.74) is 3.69. The van der Waals surface area contributed by atoms with Gasteiger partial charge >= 0.3 is 0 Å². The summed E-state index contributed by atoms with van der Waals surface area (Å²) >= 11 is 0. The first-order valence-corrected chi connectivity index (χ1v) is 6.23. The molecule has 18 heavy (non-hydrogen) atoms. The summed E-state index contributed by atoms with van der Waals surface area (Å²) < 4.78 is 13.0. The number of aromatic nitrogens is 1. The number of nitrogens with one attached hydrogen (secondary N) is 1. The fraction of sp³-hybridized carbons (Fsp3) is 0.267. The van der Waals surface area contributed by atoms with Gasteiger partial charge in [0.1, 0.15) is 5.82 Å². The average Bonchev–Trinajstić information content (AvgIpc) is 2.80. The fourth-order valence-electron chi connectivity index (χ4n) is 2.56. The third-order valence-corrected chi connectivity index (χ3v) is 3.45. The zero-order valence-corrected chi connectivity index (χ0v) is 10.1. The van der Waals surface area contributed by atoms with Crippen molar-refractivity contribution in [2.45, 2.75) is 25.4 Å². The lowest BCUT2D eigenvalue weighted by Gasteiger charge is -2.13. The summed E-state index contributed by atoms with van der Waals surface area (Å²) in [5.74, 6) is -0.277. The van der Waals surface area contributed by atoms with Crippen LogP contribution in [0.25, 0.3) is 0 Å². The lowest BCUT2D eigenvalue weighted by molar-refractivity contribution is 0.527. The summed E-state index contributed by atoms with van der Waals surface area (Å²) in [5, 5.41) is 3.47. The van der Waals surface area contributed by atoms with Crippen molar-refractivity contribution in [2.24, 2.45) is 0 Å². The lowest BCUT2D eigenvalue weighted by atomic mass is 10.1. The number of rotatable bonds is 3. The van der Waals surface area contributed by atoms with Crippen LogP contribution in [0.2, 0.25) is 0 Å². The second-order valence-corrected chi connectivity index (χ2v) is 4.68. The standard InChI is InChI=1S/C15H15FN2/c16-13-7-11(8-17-10-13)9-18-15-6-5-12-3-1-2-4-14(12)15/h1-4,7-8,10,15,18H,5-6,9H2. The van der Waals surface area contributed by atoms with Gasteiger partial charge in [0, 0.05) is 18.8 Å². The number of fused-ring (bicyclic) bond motifs is 1. The van der Waals surface area contributed by atoms with Gasteiger partial charge in [-0.05, 0) is 35.6 Å². The number of hydrogen-bond donors (Lipinski definition) is 1. The van der Waals surface area contributed by atoms with Gasteiger partial charge in [0.25, 0.3) is 0 Å². The third kappa shape index (κ3) is 2.27. The maximum Gasteiger partial charge on any atom is 0.141 e. The second kappa shape index (κ2) is 4.86. The van der Waals surface area contributed by atoms with E-state index in [-0.39, 0.29) is 5.82 Å². The van der Waals surface area contributed by atoms with Gasteiger partial charge in [-0.1, -0.05) is 24.3 Å². The summed E-state index contributed by atoms with van der Waals surface area (Å²) in [6.07, 6.45) is 5.17. The molecule has 3 rings (SSSR count). The van der Waals surface area contributed by atoms with E-state index in [1.54, 1.807) is 6.20 Å². The van der Waals surface area contributed by atoms with Crippen LogP contribution < -0.4 is 5.32 Å². The van der Waals surface area contributed by atoms with Gasteiger partial charge in [-0.25, -0.2) is 4.39 Å². The van der Waals surface area contributed by atoms with Crippen molar-refractivity contribution in [3.63, 3.8) is 0 Å². The first-order chi connectivity index (χ1) is 8.83. The van der Waals surface area contributed by atoms with Crippen LogP contribution in [0.15, 0.2) is 42.7 Å². The molecule has 1 aromatic heterocycles. The van der Waals surface area contributed by atoms with Crippen molar-refractivity contribution in [3.8, 4) is 0 Å². The first kappa shape index (κ1) is 11.4. The van der Waals surface area contributed by atoms with Crippen LogP contribution in [0, 0.1) is 5.82 Å². The Kier molecular flexibility index (Phi) is 3.07. The highest BCUT2D eigenvalue weighted by molar-refractivity contribution is 5.34. The highest BCUT2D eigenvalue weighted by Gasteiger charge is 2.20. The topological polar surface area (TPSA) is 24.9 Å². The van der Waals surface area contributed by atoms with Crippen LogP contribution in [0.1, 0.15) is 29.2 Å². The van der Waals surface area contributed by atoms with E-state index in [9.17, 15) is 4.39 Å². The largest absolute Gasteiger partial charge is 0.306 e. The molecule has 3 heteroatoms. The number of nitrogens with zero attached hydrogens (tertiary/aromatic N) is 1. The molecule has 2 nitrogen and oxygen atoms in total. The highest BCUT2D eigenvalue weighted by atomic mass is 19.1. The van der Waals surface area contributed by atoms with E-state index >= 15 is 0 Å². The van der Waals surface area contributed by atoms with Gasteiger partial charge in [-0.3, -0.25) is 4.98 Å². The maximum absolute atomic E-state index is 13.0. The molecular weight excluding hydrogens is 227 g/mol. The van der Waals surface area contributed by atoms with Gasteiger partial charge < -0.3 is 5.32 Å². The zero-order chi connectivity index (χ0) is 12.4. The summed E-state index contributed by atoms with van der Waals surface area (Å²) in [7, 11) is 0. The van der Waals surface area contributed by atoms with E-state index in [0.29, 0.717) is 12.6 Å². The van der Waals surface area contributed by atoms with Gasteiger partial charge in [0.15, 0.2) is 0 Å². The van der Waals surface area contributed by atoms with E-state index in [1.807, 2.05) is 0 Å². The molecule has 1 unspecified atom stereocenters. The lowest BCUT2D eigenvalue weighted by Crippen LogP contribution is -2.18. The summed E-state index contributed by atoms with van der Waals surface area (Å²) in [6, 6.07) is 10.4. The van der Waals surface area contributed by atoms with Crippen molar-refractivity contribution < 1.29 is 4.39 Å². The van der Waals surface area contributed by atoms with E-state index < -0.39 is 0 Å². The predicted octanol–water partition coefficient (Wildman–Crippen LogP) is 3.00. The van der Waals surface area contributed by atoms with Crippen molar-refractivity contribution in [1.82, 2.24) is 10.3 Å². The molecule has 0 saturated heterocycles. The van der Waals surface area contributed by atoms with Crippen LogP contribution >= 0.6 is 0 Å². The molecule has 1 atom stereocenters. The SMILES string of the molecule is Fc1cncc(CNC2CCc3ccccc32)c1. The van der Waals surface area contributed by atoms with Crippen molar-refractivity contribution in [3.05, 3.63) is 65.2 Å². The molecule has 1 aliphatic carbocycles. The van der Waals surface area contributed by atoms with Crippen molar-refractivity contribution in [1.29, 1.82) is 0 Å². The van der Waals surface area contributed by atoms with Gasteiger partial charge in [0.2, 0.25) is 0 Å². The van der Waals surface area contributed by atoms with E-state index in [0.717, 1.165) is 18.4 Å². The quantitative estimate of drug-likeness (QED) is 0.895.